The quantitative estimate of drug-likeness (QED) is 0.895. The Morgan fingerprint density at radius 1 is 1.00 bits per heavy atom. The van der Waals surface area contributed by atoms with E-state index in [9.17, 15) is 0 Å². The molecule has 1 fully saturated rings. The molecule has 1 heterocycles. The molecular formula is C15H18ClN3. The summed E-state index contributed by atoms with van der Waals surface area (Å²) in [7, 11) is 0. The number of hydrogen-bond acceptors (Lipinski definition) is 3. The van der Waals surface area contributed by atoms with E-state index in [-0.39, 0.29) is 10.8 Å². The first-order valence-corrected chi connectivity index (χ1v) is 6.91. The van der Waals surface area contributed by atoms with Crippen molar-refractivity contribution in [2.45, 2.75) is 33.7 Å². The van der Waals surface area contributed by atoms with Gasteiger partial charge < -0.3 is 5.32 Å². The molecule has 0 saturated heterocycles. The van der Waals surface area contributed by atoms with Gasteiger partial charge in [0.05, 0.1) is 0 Å². The molecule has 1 aromatic heterocycles. The highest BCUT2D eigenvalue weighted by atomic mass is 35.5. The maximum atomic E-state index is 6.09. The average Bonchev–Trinajstić information content (AvgIpc) is 2.75. The van der Waals surface area contributed by atoms with Crippen molar-refractivity contribution in [2.75, 3.05) is 5.32 Å². The second-order valence-corrected chi connectivity index (χ2v) is 6.76. The molecule has 0 amide bonds. The minimum atomic E-state index is 0.259. The molecule has 3 rings (SSSR count). The molecule has 0 aliphatic heterocycles. The van der Waals surface area contributed by atoms with Gasteiger partial charge in [0.15, 0.2) is 11.0 Å². The first-order chi connectivity index (χ1) is 8.85. The maximum Gasteiger partial charge on any atom is 0.159 e. The number of benzene rings is 1. The summed E-state index contributed by atoms with van der Waals surface area (Å²) in [5.74, 6) is 0.823. The molecule has 0 spiro atoms. The lowest BCUT2D eigenvalue weighted by Crippen LogP contribution is -2.12. The fourth-order valence-electron chi connectivity index (χ4n) is 2.87. The van der Waals surface area contributed by atoms with Crippen molar-refractivity contribution < 1.29 is 0 Å². The van der Waals surface area contributed by atoms with E-state index in [1.807, 2.05) is 24.3 Å². The highest BCUT2D eigenvalue weighted by molar-refractivity contribution is 6.34. The van der Waals surface area contributed by atoms with Crippen LogP contribution in [0.1, 0.15) is 27.7 Å². The van der Waals surface area contributed by atoms with Gasteiger partial charge in [-0.25, -0.2) is 0 Å². The van der Waals surface area contributed by atoms with Crippen molar-refractivity contribution in [3.8, 4) is 0 Å². The van der Waals surface area contributed by atoms with Crippen molar-refractivity contribution in [3.05, 3.63) is 29.4 Å². The number of halogens is 1. The summed E-state index contributed by atoms with van der Waals surface area (Å²) >= 11 is 6.09. The summed E-state index contributed by atoms with van der Waals surface area (Å²) in [4.78, 5) is 0. The van der Waals surface area contributed by atoms with E-state index in [4.69, 9.17) is 11.6 Å². The summed E-state index contributed by atoms with van der Waals surface area (Å²) in [5.41, 5.74) is 0.519. The van der Waals surface area contributed by atoms with Gasteiger partial charge in [-0.3, -0.25) is 0 Å². The van der Waals surface area contributed by atoms with Crippen molar-refractivity contribution in [3.63, 3.8) is 0 Å². The summed E-state index contributed by atoms with van der Waals surface area (Å²) in [6.07, 6.45) is 0. The summed E-state index contributed by atoms with van der Waals surface area (Å²) in [6, 6.07) is 8.36. The number of fused-ring (bicyclic) bond motifs is 1. The third-order valence-electron chi connectivity index (χ3n) is 4.94. The number of rotatable bonds is 2. The van der Waals surface area contributed by atoms with Crippen LogP contribution < -0.4 is 5.32 Å². The zero-order chi connectivity index (χ0) is 13.8. The molecule has 100 valence electrons. The molecule has 2 aromatic rings. The zero-order valence-corrected chi connectivity index (χ0v) is 12.4. The lowest BCUT2D eigenvalue weighted by molar-refractivity contribution is 0.457. The molecule has 0 radical (unpaired) electrons. The Bertz CT molecular complexity index is 635. The summed E-state index contributed by atoms with van der Waals surface area (Å²) < 4.78 is 0. The van der Waals surface area contributed by atoms with E-state index < -0.39 is 0 Å². The highest BCUT2D eigenvalue weighted by Gasteiger charge is 2.65. The predicted octanol–water partition coefficient (Wildman–Crippen LogP) is 4.13. The number of nitrogens with one attached hydrogen (secondary N) is 1. The van der Waals surface area contributed by atoms with Crippen LogP contribution in [0.4, 0.5) is 5.82 Å². The van der Waals surface area contributed by atoms with Gasteiger partial charge in [-0.2, -0.15) is 0 Å². The molecule has 1 aromatic carbocycles. The molecule has 0 atom stereocenters. The van der Waals surface area contributed by atoms with E-state index in [1.54, 1.807) is 0 Å². The zero-order valence-electron chi connectivity index (χ0n) is 11.7. The number of aromatic nitrogens is 2. The van der Waals surface area contributed by atoms with Crippen LogP contribution in [0.15, 0.2) is 24.3 Å². The minimum Gasteiger partial charge on any atom is -0.364 e. The summed E-state index contributed by atoms with van der Waals surface area (Å²) in [6.45, 7) is 9.10. The molecule has 0 unspecified atom stereocenters. The van der Waals surface area contributed by atoms with Gasteiger partial charge in [-0.1, -0.05) is 63.6 Å². The van der Waals surface area contributed by atoms with Crippen LogP contribution in [0.25, 0.3) is 10.8 Å². The first kappa shape index (κ1) is 12.7. The third kappa shape index (κ3) is 1.71. The topological polar surface area (TPSA) is 37.8 Å². The lowest BCUT2D eigenvalue weighted by Gasteiger charge is -2.10. The van der Waals surface area contributed by atoms with Crippen LogP contribution in [0.3, 0.4) is 0 Å². The number of nitrogens with zero attached hydrogens (tertiary/aromatic N) is 2. The Kier molecular flexibility index (Phi) is 2.55. The van der Waals surface area contributed by atoms with E-state index in [0.717, 1.165) is 16.6 Å². The molecule has 1 aliphatic rings. The van der Waals surface area contributed by atoms with E-state index in [0.29, 0.717) is 11.2 Å². The smallest absolute Gasteiger partial charge is 0.159 e. The second-order valence-electron chi connectivity index (χ2n) is 6.41. The second kappa shape index (κ2) is 3.83. The van der Waals surface area contributed by atoms with Gasteiger partial charge in [0, 0.05) is 16.8 Å². The van der Waals surface area contributed by atoms with Gasteiger partial charge in [-0.15, -0.1) is 10.2 Å². The normalized spacial score (nSPS) is 20.5. The highest BCUT2D eigenvalue weighted by Crippen LogP contribution is 2.63. The SMILES string of the molecule is CC1(C)C(Nc2nnc(Cl)c3ccccc23)C1(C)C. The van der Waals surface area contributed by atoms with Crippen molar-refractivity contribution in [2.24, 2.45) is 10.8 Å². The molecule has 0 bridgehead atoms. The van der Waals surface area contributed by atoms with Crippen molar-refractivity contribution >= 4 is 28.2 Å². The maximum absolute atomic E-state index is 6.09. The molecular weight excluding hydrogens is 258 g/mol. The average molecular weight is 276 g/mol. The predicted molar refractivity (Wildman–Crippen MR) is 79.5 cm³/mol. The Morgan fingerprint density at radius 3 is 2.16 bits per heavy atom. The van der Waals surface area contributed by atoms with Gasteiger partial charge in [0.25, 0.3) is 0 Å². The van der Waals surface area contributed by atoms with Gasteiger partial charge in [0.2, 0.25) is 0 Å². The lowest BCUT2D eigenvalue weighted by atomic mass is 10.0. The van der Waals surface area contributed by atoms with E-state index in [1.165, 1.54) is 0 Å². The van der Waals surface area contributed by atoms with Crippen molar-refractivity contribution in [1.82, 2.24) is 10.2 Å². The van der Waals surface area contributed by atoms with Gasteiger partial charge in [-0.05, 0) is 10.8 Å². The van der Waals surface area contributed by atoms with Crippen LogP contribution in [0.2, 0.25) is 5.15 Å². The van der Waals surface area contributed by atoms with Crippen LogP contribution in [0, 0.1) is 10.8 Å². The fourth-order valence-corrected chi connectivity index (χ4v) is 3.07. The van der Waals surface area contributed by atoms with Crippen LogP contribution in [0.5, 0.6) is 0 Å². The molecule has 4 heteroatoms. The third-order valence-corrected chi connectivity index (χ3v) is 5.22. The molecule has 1 aliphatic carbocycles. The van der Waals surface area contributed by atoms with E-state index >= 15 is 0 Å². The van der Waals surface area contributed by atoms with Crippen molar-refractivity contribution in [1.29, 1.82) is 0 Å². The fraction of sp³-hybridized carbons (Fsp3) is 0.467. The first-order valence-electron chi connectivity index (χ1n) is 6.53. The standard InChI is InChI=1S/C15H18ClN3/c1-14(2)13(15(14,3)4)17-12-10-8-6-5-7-9(10)11(16)18-19-12/h5-8,13H,1-4H3,(H,17,19). The van der Waals surface area contributed by atoms with Gasteiger partial charge >= 0.3 is 0 Å². The molecule has 19 heavy (non-hydrogen) atoms. The minimum absolute atomic E-state index is 0.259. The molecule has 1 N–H and O–H groups in total. The Hall–Kier alpha value is -1.35. The van der Waals surface area contributed by atoms with Crippen LogP contribution >= 0.6 is 11.6 Å². The Morgan fingerprint density at radius 2 is 1.58 bits per heavy atom. The van der Waals surface area contributed by atoms with Crippen LogP contribution in [-0.2, 0) is 0 Å². The van der Waals surface area contributed by atoms with Crippen LogP contribution in [-0.4, -0.2) is 16.2 Å². The summed E-state index contributed by atoms with van der Waals surface area (Å²) in [5, 5.41) is 14.2. The van der Waals surface area contributed by atoms with E-state index in [2.05, 4.69) is 43.2 Å². The number of hydrogen-bond donors (Lipinski definition) is 1. The monoisotopic (exact) mass is 275 g/mol. The Labute approximate surface area is 118 Å². The van der Waals surface area contributed by atoms with Gasteiger partial charge in [0.1, 0.15) is 0 Å². The molecule has 3 nitrogen and oxygen atoms in total. The largest absolute Gasteiger partial charge is 0.364 e. The number of anilines is 1. The molecule has 1 saturated carbocycles. The Balaban J connectivity index is 2.02.